The number of carbonyl (C=O) groups is 2. The lowest BCUT2D eigenvalue weighted by atomic mass is 9.82. The summed E-state index contributed by atoms with van der Waals surface area (Å²) in [6, 6.07) is 0. The Labute approximate surface area is 366 Å². The largest absolute Gasteiger partial charge is 0.460 e. The summed E-state index contributed by atoms with van der Waals surface area (Å²) in [5.41, 5.74) is -5.06. The minimum absolute atomic E-state index is 0.436. The van der Waals surface area contributed by atoms with Gasteiger partial charge in [0.1, 0.15) is 12.2 Å². The van der Waals surface area contributed by atoms with Gasteiger partial charge in [-0.2, -0.15) is 149 Å². The van der Waals surface area contributed by atoms with Crippen LogP contribution in [0.4, 0.5) is 149 Å². The smallest absolute Gasteiger partial charge is 0.458 e. The minimum atomic E-state index is -9.02. The number of hydrogen-bond acceptors (Lipinski definition) is 4. The number of ether oxygens (including phenoxy) is 2. The predicted molar refractivity (Wildman–Crippen MR) is 158 cm³/mol. The molecule has 0 radical (unpaired) electrons. The summed E-state index contributed by atoms with van der Waals surface area (Å²) in [5, 5.41) is 0. The molecule has 0 heterocycles. The standard InChI is InChI=1S/C32H26F34O4/c1-15(2,3)11(9-17(33,34)19(37,38)21(41,42)23(45,46)25(49,50)27(53,54)29(57,58)31(61,62)63)69-13(67)7-8-14(68)70-12(16(4,5)6)10-18(35,36)20(39,40)22(43,44)24(47,48)26(51,52)28(55,56)30(59,60)32(64,65)66/h7-8,11-12H,9-10H2,1-6H3/b8-7+. The molecule has 0 saturated carbocycles. The van der Waals surface area contributed by atoms with Crippen molar-refractivity contribution in [2.45, 2.75) is 162 Å². The summed E-state index contributed by atoms with van der Waals surface area (Å²) >= 11 is 0. The van der Waals surface area contributed by atoms with Crippen LogP contribution in [0.3, 0.4) is 0 Å². The Balaban J connectivity index is 6.90. The predicted octanol–water partition coefficient (Wildman–Crippen LogP) is 14.3. The van der Waals surface area contributed by atoms with Crippen molar-refractivity contribution in [3.63, 3.8) is 0 Å². The van der Waals surface area contributed by atoms with Crippen LogP contribution < -0.4 is 0 Å². The first-order valence-corrected chi connectivity index (χ1v) is 17.2. The van der Waals surface area contributed by atoms with Gasteiger partial charge in [-0.05, 0) is 10.8 Å². The van der Waals surface area contributed by atoms with Gasteiger partial charge in [-0.25, -0.2) is 9.59 Å². The third-order valence-corrected chi connectivity index (χ3v) is 9.26. The van der Waals surface area contributed by atoms with Gasteiger partial charge in [-0.15, -0.1) is 0 Å². The molecule has 0 aliphatic rings. The van der Waals surface area contributed by atoms with Crippen LogP contribution >= 0.6 is 0 Å². The van der Waals surface area contributed by atoms with Gasteiger partial charge < -0.3 is 9.47 Å². The van der Waals surface area contributed by atoms with Crippen LogP contribution in [0.1, 0.15) is 54.4 Å². The van der Waals surface area contributed by atoms with Crippen molar-refractivity contribution in [3.8, 4) is 0 Å². The Morgan fingerprint density at radius 1 is 0.300 bits per heavy atom. The maximum Gasteiger partial charge on any atom is 0.460 e. The minimum Gasteiger partial charge on any atom is -0.458 e. The Bertz CT molecular complexity index is 1760. The highest BCUT2D eigenvalue weighted by molar-refractivity contribution is 5.91. The summed E-state index contributed by atoms with van der Waals surface area (Å²) in [6.45, 7) is 2.62. The summed E-state index contributed by atoms with van der Waals surface area (Å²) in [7, 11) is 0. The highest BCUT2D eigenvalue weighted by Crippen LogP contribution is 2.66. The van der Waals surface area contributed by atoms with E-state index in [1.165, 1.54) is 0 Å². The molecule has 416 valence electrons. The van der Waals surface area contributed by atoms with E-state index >= 15 is 0 Å². The van der Waals surface area contributed by atoms with E-state index in [2.05, 4.69) is 9.47 Å². The van der Waals surface area contributed by atoms with Gasteiger partial charge in [0.2, 0.25) is 0 Å². The maximum absolute atomic E-state index is 14.7. The number of carbonyl (C=O) groups excluding carboxylic acids is 2. The number of hydrogen-bond donors (Lipinski definition) is 0. The Morgan fingerprint density at radius 3 is 0.614 bits per heavy atom. The van der Waals surface area contributed by atoms with E-state index in [1.54, 1.807) is 0 Å². The average Bonchev–Trinajstić information content (AvgIpc) is 3.10. The molecule has 0 aliphatic heterocycles. The molecule has 0 aromatic heterocycles. The molecule has 0 aromatic carbocycles. The maximum atomic E-state index is 14.7. The summed E-state index contributed by atoms with van der Waals surface area (Å²) in [6.07, 6.45) is -30.8. The second kappa shape index (κ2) is 18.1. The lowest BCUT2D eigenvalue weighted by Crippen LogP contribution is -2.74. The van der Waals surface area contributed by atoms with Crippen LogP contribution in [0.5, 0.6) is 0 Å². The van der Waals surface area contributed by atoms with Crippen molar-refractivity contribution in [1.29, 1.82) is 0 Å². The van der Waals surface area contributed by atoms with Crippen molar-refractivity contribution >= 4 is 11.9 Å². The van der Waals surface area contributed by atoms with E-state index in [0.29, 0.717) is 41.5 Å². The van der Waals surface area contributed by atoms with Gasteiger partial charge in [0.15, 0.2) is 0 Å². The third kappa shape index (κ3) is 10.4. The fraction of sp³-hybridized carbons (Fsp3) is 0.875. The molecule has 2 atom stereocenters. The SMILES string of the molecule is CC(C)(C)C(CC(F)(F)C(F)(F)C(F)(F)C(F)(F)C(F)(F)C(F)(F)C(F)(F)C(F)(F)F)OC(=O)/C=C/C(=O)OC(CC(F)(F)C(F)(F)C(F)(F)C(F)(F)C(F)(F)C(F)(F)C(F)(F)C(F)(F)F)C(C)(C)C. The van der Waals surface area contributed by atoms with Gasteiger partial charge in [-0.3, -0.25) is 0 Å². The molecule has 0 saturated heterocycles. The van der Waals surface area contributed by atoms with Gasteiger partial charge >= 0.3 is 107 Å². The molecule has 0 rings (SSSR count). The number of rotatable bonds is 20. The number of alkyl halides is 34. The first-order chi connectivity index (χ1) is 29.7. The van der Waals surface area contributed by atoms with Crippen molar-refractivity contribution in [2.24, 2.45) is 10.8 Å². The average molecular weight is 1120 g/mol. The van der Waals surface area contributed by atoms with Gasteiger partial charge in [0.25, 0.3) is 0 Å². The highest BCUT2D eigenvalue weighted by atomic mass is 19.4. The first-order valence-electron chi connectivity index (χ1n) is 17.2. The molecule has 38 heteroatoms. The van der Waals surface area contributed by atoms with Crippen molar-refractivity contribution < 1.29 is 168 Å². The van der Waals surface area contributed by atoms with Gasteiger partial charge in [0.05, 0.1) is 12.8 Å². The molecule has 0 fully saturated rings. The van der Waals surface area contributed by atoms with Crippen molar-refractivity contribution in [1.82, 2.24) is 0 Å². The molecule has 70 heavy (non-hydrogen) atoms. The molecular formula is C32H26F34O4. The number of halogens is 34. The molecule has 0 spiro atoms. The second-order valence-electron chi connectivity index (χ2n) is 16.6. The molecule has 0 aromatic rings. The van der Waals surface area contributed by atoms with Gasteiger partial charge in [0, 0.05) is 12.2 Å². The Kier molecular flexibility index (Phi) is 17.1. The summed E-state index contributed by atoms with van der Waals surface area (Å²) in [5.74, 6) is -125. The zero-order chi connectivity index (χ0) is 57.6. The van der Waals surface area contributed by atoms with Crippen LogP contribution in [0.15, 0.2) is 12.2 Å². The zero-order valence-corrected chi connectivity index (χ0v) is 34.2. The fourth-order valence-electron chi connectivity index (χ4n) is 4.66. The van der Waals surface area contributed by atoms with Crippen LogP contribution in [0.25, 0.3) is 0 Å². The summed E-state index contributed by atoms with van der Waals surface area (Å²) in [4.78, 5) is 24.5. The second-order valence-corrected chi connectivity index (χ2v) is 16.6. The number of esters is 2. The van der Waals surface area contributed by atoms with E-state index in [-0.39, 0.29) is 0 Å². The molecule has 0 amide bonds. The van der Waals surface area contributed by atoms with Crippen LogP contribution in [0.2, 0.25) is 0 Å². The van der Waals surface area contributed by atoms with E-state index in [1.807, 2.05) is 0 Å². The van der Waals surface area contributed by atoms with Gasteiger partial charge in [-0.1, -0.05) is 41.5 Å². The summed E-state index contributed by atoms with van der Waals surface area (Å²) < 4.78 is 474. The van der Waals surface area contributed by atoms with E-state index < -0.39 is 155 Å². The van der Waals surface area contributed by atoms with E-state index in [0.717, 1.165) is 0 Å². The van der Waals surface area contributed by atoms with E-state index in [9.17, 15) is 159 Å². The lowest BCUT2D eigenvalue weighted by molar-refractivity contribution is -0.462. The van der Waals surface area contributed by atoms with Crippen LogP contribution in [-0.4, -0.2) is 119 Å². The third-order valence-electron chi connectivity index (χ3n) is 9.26. The molecule has 0 N–H and O–H groups in total. The lowest BCUT2D eigenvalue weighted by Gasteiger charge is -2.43. The molecule has 4 nitrogen and oxygen atoms in total. The zero-order valence-electron chi connectivity index (χ0n) is 34.2. The van der Waals surface area contributed by atoms with Crippen LogP contribution in [-0.2, 0) is 19.1 Å². The molecule has 2 unspecified atom stereocenters. The normalized spacial score (nSPS) is 17.2. The Hall–Kier alpha value is -3.70. The fourth-order valence-corrected chi connectivity index (χ4v) is 4.66. The van der Waals surface area contributed by atoms with Crippen molar-refractivity contribution in [2.75, 3.05) is 0 Å². The quantitative estimate of drug-likeness (QED) is 0.0693. The Morgan fingerprint density at radius 2 is 0.457 bits per heavy atom. The first kappa shape index (κ1) is 66.3. The molecular weight excluding hydrogens is 1090 g/mol. The molecule has 0 bridgehead atoms. The highest BCUT2D eigenvalue weighted by Gasteiger charge is 2.97. The molecule has 0 aliphatic carbocycles. The monoisotopic (exact) mass is 1120 g/mol. The van der Waals surface area contributed by atoms with Crippen LogP contribution in [0, 0.1) is 10.8 Å². The topological polar surface area (TPSA) is 52.6 Å². The van der Waals surface area contributed by atoms with Crippen molar-refractivity contribution in [3.05, 3.63) is 12.2 Å². The van der Waals surface area contributed by atoms with E-state index in [4.69, 9.17) is 0 Å².